The van der Waals surface area contributed by atoms with Gasteiger partial charge in [-0.05, 0) is 179 Å². The molecule has 0 unspecified atom stereocenters. The van der Waals surface area contributed by atoms with E-state index in [-0.39, 0.29) is 5.41 Å². The van der Waals surface area contributed by atoms with E-state index in [2.05, 4.69) is 364 Å². The molecule has 14 aromatic carbocycles. The van der Waals surface area contributed by atoms with E-state index >= 15 is 0 Å². The van der Waals surface area contributed by atoms with Crippen molar-refractivity contribution in [2.45, 2.75) is 19.3 Å². The lowest BCUT2D eigenvalue weighted by atomic mass is 9.81. The Balaban J connectivity index is 0.000000141. The van der Waals surface area contributed by atoms with Crippen LogP contribution in [0.25, 0.3) is 189 Å². The Morgan fingerprint density at radius 2 is 0.633 bits per heavy atom. The average Bonchev–Trinajstić information content (AvgIpc) is 1.57. The molecule has 0 bridgehead atoms. The van der Waals surface area contributed by atoms with E-state index in [1.54, 1.807) is 12.4 Å². The lowest BCUT2D eigenvalue weighted by Gasteiger charge is -2.22. The fourth-order valence-corrected chi connectivity index (χ4v) is 16.9. The molecule has 512 valence electrons. The summed E-state index contributed by atoms with van der Waals surface area (Å²) in [5.41, 5.74) is 28.0. The Hall–Kier alpha value is -14.5. The Labute approximate surface area is 628 Å². The SMILES string of the molecule is CC1(C)c2ccccc2-c2ccc(-c3ccc(-c4nc(-c5ccc(-n6c7ccccc7c7c8ccn(-c9ccccc9)c8ccc76)cc5)nc5ccccc45)cc3)cc21.c1ccc(-n2ccc3c4c5ccccc5n(-c5ccc(-c6nc(-c7ccc(-c8ncccn8)cc7)c7ccccc7n6)cc5)c4ccc32)cc1. The van der Waals surface area contributed by atoms with Crippen molar-refractivity contribution in [1.82, 2.24) is 48.2 Å². The summed E-state index contributed by atoms with van der Waals surface area (Å²) in [5.74, 6) is 2.10. The summed E-state index contributed by atoms with van der Waals surface area (Å²) in [6.45, 7) is 4.67. The predicted molar refractivity (Wildman–Crippen MR) is 447 cm³/mol. The first-order chi connectivity index (χ1) is 53.8. The molecule has 22 rings (SSSR count). The molecule has 7 heterocycles. The molecular weight excluding hydrogens is 1330 g/mol. The number of hydrogen-bond donors (Lipinski definition) is 0. The third-order valence-electron chi connectivity index (χ3n) is 22.1. The molecule has 10 nitrogen and oxygen atoms in total. The lowest BCUT2D eigenvalue weighted by molar-refractivity contribution is 0.660. The molecule has 21 aromatic rings. The maximum atomic E-state index is 5.27. The van der Waals surface area contributed by atoms with Crippen molar-refractivity contribution < 1.29 is 0 Å². The fourth-order valence-electron chi connectivity index (χ4n) is 16.9. The highest BCUT2D eigenvalue weighted by atomic mass is 15.0. The van der Waals surface area contributed by atoms with E-state index in [1.807, 2.05) is 30.3 Å². The average molecular weight is 1400 g/mol. The highest BCUT2D eigenvalue weighted by molar-refractivity contribution is 6.22. The predicted octanol–water partition coefficient (Wildman–Crippen LogP) is 24.4. The van der Waals surface area contributed by atoms with Gasteiger partial charge >= 0.3 is 0 Å². The van der Waals surface area contributed by atoms with E-state index < -0.39 is 0 Å². The molecule has 0 amide bonds. The van der Waals surface area contributed by atoms with Crippen molar-refractivity contribution in [1.29, 1.82) is 0 Å². The van der Waals surface area contributed by atoms with Gasteiger partial charge < -0.3 is 18.3 Å². The molecule has 0 fully saturated rings. The van der Waals surface area contributed by atoms with Gasteiger partial charge in [0.05, 0.1) is 55.5 Å². The highest BCUT2D eigenvalue weighted by Gasteiger charge is 2.35. The molecule has 0 N–H and O–H groups in total. The molecule has 0 radical (unpaired) electrons. The Kier molecular flexibility index (Phi) is 14.7. The van der Waals surface area contributed by atoms with Gasteiger partial charge in [0.1, 0.15) is 0 Å². The van der Waals surface area contributed by atoms with E-state index in [0.717, 1.165) is 83.8 Å². The Morgan fingerprint density at radius 1 is 0.248 bits per heavy atom. The van der Waals surface area contributed by atoms with Crippen LogP contribution < -0.4 is 0 Å². The molecule has 0 spiro atoms. The van der Waals surface area contributed by atoms with Gasteiger partial charge in [-0.2, -0.15) is 0 Å². The number of rotatable bonds is 10. The van der Waals surface area contributed by atoms with Crippen molar-refractivity contribution in [3.05, 3.63) is 376 Å². The quantitative estimate of drug-likeness (QED) is 0.135. The van der Waals surface area contributed by atoms with Crippen LogP contribution in [0.2, 0.25) is 0 Å². The summed E-state index contributed by atoms with van der Waals surface area (Å²) in [7, 11) is 0. The third kappa shape index (κ3) is 10.5. The summed E-state index contributed by atoms with van der Waals surface area (Å²) < 4.78 is 9.27. The van der Waals surface area contributed by atoms with Crippen LogP contribution in [0.15, 0.2) is 365 Å². The second kappa shape index (κ2) is 25.4. The molecular formula is C99H66N10. The van der Waals surface area contributed by atoms with Crippen LogP contribution in [-0.4, -0.2) is 48.2 Å². The van der Waals surface area contributed by atoms with Gasteiger partial charge in [-0.25, -0.2) is 29.9 Å². The maximum Gasteiger partial charge on any atom is 0.160 e. The molecule has 7 aromatic heterocycles. The van der Waals surface area contributed by atoms with Gasteiger partial charge in [0.2, 0.25) is 0 Å². The smallest absolute Gasteiger partial charge is 0.160 e. The van der Waals surface area contributed by atoms with Crippen LogP contribution in [0.3, 0.4) is 0 Å². The monoisotopic (exact) mass is 1390 g/mol. The minimum absolute atomic E-state index is 0.0390. The molecule has 1 aliphatic rings. The number of aromatic nitrogens is 10. The summed E-state index contributed by atoms with van der Waals surface area (Å²) in [5, 5.41) is 9.51. The van der Waals surface area contributed by atoms with E-state index in [1.165, 1.54) is 98.8 Å². The van der Waals surface area contributed by atoms with Crippen LogP contribution in [-0.2, 0) is 5.41 Å². The van der Waals surface area contributed by atoms with Crippen molar-refractivity contribution in [2.24, 2.45) is 0 Å². The zero-order valence-electron chi connectivity index (χ0n) is 59.6. The summed E-state index contributed by atoms with van der Waals surface area (Å²) in [4.78, 5) is 29.3. The lowest BCUT2D eigenvalue weighted by Crippen LogP contribution is -2.14. The van der Waals surface area contributed by atoms with Gasteiger partial charge in [0, 0.05) is 124 Å². The number of fused-ring (bicyclic) bond motifs is 15. The Morgan fingerprint density at radius 3 is 1.15 bits per heavy atom. The highest BCUT2D eigenvalue weighted by Crippen LogP contribution is 2.50. The molecule has 10 heteroatoms. The minimum Gasteiger partial charge on any atom is -0.317 e. The molecule has 1 aliphatic carbocycles. The van der Waals surface area contributed by atoms with Crippen LogP contribution in [0, 0.1) is 0 Å². The second-order valence-electron chi connectivity index (χ2n) is 28.6. The van der Waals surface area contributed by atoms with Crippen LogP contribution in [0.1, 0.15) is 25.0 Å². The number of para-hydroxylation sites is 6. The number of benzene rings is 14. The van der Waals surface area contributed by atoms with Crippen molar-refractivity contribution in [2.75, 3.05) is 0 Å². The van der Waals surface area contributed by atoms with Crippen LogP contribution in [0.4, 0.5) is 0 Å². The van der Waals surface area contributed by atoms with Gasteiger partial charge in [-0.3, -0.25) is 0 Å². The van der Waals surface area contributed by atoms with Gasteiger partial charge in [0.15, 0.2) is 17.5 Å². The molecule has 0 saturated heterocycles. The first-order valence-corrected chi connectivity index (χ1v) is 37.0. The second-order valence-corrected chi connectivity index (χ2v) is 28.6. The fraction of sp³-hybridized carbons (Fsp3) is 0.0303. The van der Waals surface area contributed by atoms with Crippen molar-refractivity contribution in [3.8, 4) is 102 Å². The summed E-state index contributed by atoms with van der Waals surface area (Å²) >= 11 is 0. The minimum atomic E-state index is -0.0390. The molecule has 0 atom stereocenters. The number of hydrogen-bond acceptors (Lipinski definition) is 6. The molecule has 0 aliphatic heterocycles. The normalized spacial score (nSPS) is 12.4. The van der Waals surface area contributed by atoms with Crippen LogP contribution >= 0.6 is 0 Å². The van der Waals surface area contributed by atoms with E-state index in [4.69, 9.17) is 19.9 Å². The van der Waals surface area contributed by atoms with Gasteiger partial charge in [0.25, 0.3) is 0 Å². The van der Waals surface area contributed by atoms with Gasteiger partial charge in [-0.15, -0.1) is 0 Å². The zero-order valence-corrected chi connectivity index (χ0v) is 59.6. The first-order valence-electron chi connectivity index (χ1n) is 37.0. The zero-order chi connectivity index (χ0) is 72.3. The topological polar surface area (TPSA) is 97.1 Å². The molecule has 109 heavy (non-hydrogen) atoms. The van der Waals surface area contributed by atoms with E-state index in [0.29, 0.717) is 17.5 Å². The third-order valence-corrected chi connectivity index (χ3v) is 22.1. The first kappa shape index (κ1) is 63.0. The molecule has 0 saturated carbocycles. The van der Waals surface area contributed by atoms with Crippen LogP contribution in [0.5, 0.6) is 0 Å². The van der Waals surface area contributed by atoms with Gasteiger partial charge in [-0.1, -0.05) is 208 Å². The van der Waals surface area contributed by atoms with Crippen molar-refractivity contribution >= 4 is 87.2 Å². The standard InChI is InChI=1S/C55H38N4.C44H28N6/c1-55(2)46-17-9-6-14-41(46)42-29-26-38(34-47(42)55)35-20-22-36(23-21-35)53-43-15-7-10-18-48(43)56-54(57-53)37-24-27-40(28-25-37)59-50-19-11-8-16-44(50)52-45-32-33-58(39-12-4-3-5-13-39)49(45)30-31-51(52)59;1-2-9-32(10-3-1)49-28-25-36-38(49)23-24-40-41(36)35-12-5-7-14-39(35)50(40)33-21-19-31(20-22-33)44-47-37-13-6-4-11-34(37)42(48-44)29-15-17-30(18-16-29)43-45-26-8-27-46-43/h3-34H,1-2H3;1-28H. The maximum absolute atomic E-state index is 5.27. The largest absolute Gasteiger partial charge is 0.317 e. The van der Waals surface area contributed by atoms with Crippen molar-refractivity contribution in [3.63, 3.8) is 0 Å². The summed E-state index contributed by atoms with van der Waals surface area (Å²) in [6.07, 6.45) is 7.87. The Bertz CT molecular complexity index is 7140. The van der Waals surface area contributed by atoms with E-state index in [9.17, 15) is 0 Å². The summed E-state index contributed by atoms with van der Waals surface area (Å²) in [6, 6.07) is 120. The number of nitrogens with zero attached hydrogens (tertiary/aromatic N) is 10.